The molecule has 0 aliphatic rings. The first kappa shape index (κ1) is 11.4. The van der Waals surface area contributed by atoms with Gasteiger partial charge >= 0.3 is 0 Å². The molecule has 0 N–H and O–H groups in total. The Hall–Kier alpha value is -2.08. The van der Waals surface area contributed by atoms with Crippen LogP contribution in [0.15, 0.2) is 61.2 Å². The molecule has 0 saturated heterocycles. The molecule has 0 heteroatoms. The van der Waals surface area contributed by atoms with E-state index >= 15 is 0 Å². The SMILES string of the molecule is C=C(/C=c1/cccc/c1=C/C)c1ccccc1. The van der Waals surface area contributed by atoms with E-state index in [9.17, 15) is 0 Å². The van der Waals surface area contributed by atoms with E-state index < -0.39 is 0 Å². The van der Waals surface area contributed by atoms with Gasteiger partial charge in [-0.15, -0.1) is 0 Å². The zero-order chi connectivity index (χ0) is 12.1. The summed E-state index contributed by atoms with van der Waals surface area (Å²) in [5.74, 6) is 0. The van der Waals surface area contributed by atoms with Gasteiger partial charge in [0.2, 0.25) is 0 Å². The first-order chi connectivity index (χ1) is 8.31. The first-order valence-electron chi connectivity index (χ1n) is 5.78. The fourth-order valence-corrected chi connectivity index (χ4v) is 1.83. The molecule has 0 nitrogen and oxygen atoms in total. The lowest BCUT2D eigenvalue weighted by atomic mass is 10.1. The van der Waals surface area contributed by atoms with Crippen molar-refractivity contribution in [2.45, 2.75) is 6.92 Å². The van der Waals surface area contributed by atoms with Crippen LogP contribution in [0.3, 0.4) is 0 Å². The standard InChI is InChI=1S/C17H16/c1-3-15-9-7-8-12-17(15)13-14(2)16-10-5-4-6-11-16/h3-13H,2H2,1H3/b15-3-,17-13-. The van der Waals surface area contributed by atoms with E-state index in [0.29, 0.717) is 0 Å². The van der Waals surface area contributed by atoms with Gasteiger partial charge in [0, 0.05) is 0 Å². The third kappa shape index (κ3) is 2.73. The molecule has 0 unspecified atom stereocenters. The van der Waals surface area contributed by atoms with Gasteiger partial charge in [-0.2, -0.15) is 0 Å². The van der Waals surface area contributed by atoms with E-state index in [0.717, 1.165) is 5.57 Å². The van der Waals surface area contributed by atoms with Gasteiger partial charge in [0.25, 0.3) is 0 Å². The first-order valence-corrected chi connectivity index (χ1v) is 5.78. The maximum absolute atomic E-state index is 4.13. The quantitative estimate of drug-likeness (QED) is 0.730. The second-order valence-corrected chi connectivity index (χ2v) is 3.95. The van der Waals surface area contributed by atoms with Gasteiger partial charge < -0.3 is 0 Å². The highest BCUT2D eigenvalue weighted by Gasteiger charge is 1.93. The molecule has 17 heavy (non-hydrogen) atoms. The van der Waals surface area contributed by atoms with Gasteiger partial charge in [0.15, 0.2) is 0 Å². The van der Waals surface area contributed by atoms with Crippen molar-refractivity contribution in [3.05, 3.63) is 77.2 Å². The molecule has 84 valence electrons. The third-order valence-corrected chi connectivity index (χ3v) is 2.78. The molecular formula is C17H16. The Morgan fingerprint density at radius 1 is 0.882 bits per heavy atom. The summed E-state index contributed by atoms with van der Waals surface area (Å²) in [6, 6.07) is 18.6. The van der Waals surface area contributed by atoms with Gasteiger partial charge in [-0.05, 0) is 34.6 Å². The predicted molar refractivity (Wildman–Crippen MR) is 75.8 cm³/mol. The van der Waals surface area contributed by atoms with Crippen molar-refractivity contribution < 1.29 is 0 Å². The summed E-state index contributed by atoms with van der Waals surface area (Å²) in [4.78, 5) is 0. The monoisotopic (exact) mass is 220 g/mol. The highest BCUT2D eigenvalue weighted by Crippen LogP contribution is 2.11. The van der Waals surface area contributed by atoms with Crippen molar-refractivity contribution in [1.29, 1.82) is 0 Å². The van der Waals surface area contributed by atoms with Crippen LogP contribution in [0.5, 0.6) is 0 Å². The number of allylic oxidation sites excluding steroid dienone is 1. The van der Waals surface area contributed by atoms with Gasteiger partial charge in [0.1, 0.15) is 0 Å². The van der Waals surface area contributed by atoms with Crippen LogP contribution in [0.2, 0.25) is 0 Å². The fraction of sp³-hybridized carbons (Fsp3) is 0.0588. The van der Waals surface area contributed by atoms with Crippen molar-refractivity contribution in [2.75, 3.05) is 0 Å². The maximum Gasteiger partial charge on any atom is -0.0181 e. The molecule has 0 heterocycles. The van der Waals surface area contributed by atoms with E-state index in [4.69, 9.17) is 0 Å². The largest absolute Gasteiger partial charge is 0.0911 e. The summed E-state index contributed by atoms with van der Waals surface area (Å²) in [7, 11) is 0. The molecule has 0 aromatic heterocycles. The molecule has 0 bridgehead atoms. The van der Waals surface area contributed by atoms with Crippen molar-refractivity contribution in [1.82, 2.24) is 0 Å². The van der Waals surface area contributed by atoms with Crippen molar-refractivity contribution in [3.8, 4) is 0 Å². The van der Waals surface area contributed by atoms with Crippen LogP contribution in [0, 0.1) is 0 Å². The minimum absolute atomic E-state index is 1.04. The minimum Gasteiger partial charge on any atom is -0.0911 e. The van der Waals surface area contributed by atoms with E-state index in [2.05, 4.69) is 62.1 Å². The number of benzene rings is 2. The van der Waals surface area contributed by atoms with Gasteiger partial charge in [-0.3, -0.25) is 0 Å². The summed E-state index contributed by atoms with van der Waals surface area (Å²) < 4.78 is 0. The Morgan fingerprint density at radius 3 is 2.12 bits per heavy atom. The van der Waals surface area contributed by atoms with Crippen LogP contribution in [0.4, 0.5) is 0 Å². The lowest BCUT2D eigenvalue weighted by Gasteiger charge is -1.99. The molecule has 0 fully saturated rings. The van der Waals surface area contributed by atoms with Crippen LogP contribution >= 0.6 is 0 Å². The molecular weight excluding hydrogens is 204 g/mol. The average Bonchev–Trinajstić information content (AvgIpc) is 2.40. The molecule has 0 atom stereocenters. The van der Waals surface area contributed by atoms with Gasteiger partial charge in [0.05, 0.1) is 0 Å². The summed E-state index contributed by atoms with van der Waals surface area (Å²) in [6.45, 7) is 6.18. The molecule has 0 radical (unpaired) electrons. The Morgan fingerprint density at radius 2 is 1.47 bits per heavy atom. The Kier molecular flexibility index (Phi) is 3.56. The maximum atomic E-state index is 4.13. The molecule has 2 aromatic rings. The topological polar surface area (TPSA) is 0 Å². The highest BCUT2D eigenvalue weighted by molar-refractivity contribution is 5.86. The summed E-state index contributed by atoms with van der Waals surface area (Å²) >= 11 is 0. The van der Waals surface area contributed by atoms with E-state index in [1.54, 1.807) is 0 Å². The molecule has 2 rings (SSSR count). The number of rotatable bonds is 2. The normalized spacial score (nSPS) is 12.8. The summed E-state index contributed by atoms with van der Waals surface area (Å²) in [5, 5.41) is 2.45. The lowest BCUT2D eigenvalue weighted by Crippen LogP contribution is -2.23. The highest BCUT2D eigenvalue weighted by atomic mass is 14.0. The molecule has 2 aromatic carbocycles. The van der Waals surface area contributed by atoms with E-state index in [1.807, 2.05) is 18.2 Å². The van der Waals surface area contributed by atoms with E-state index in [1.165, 1.54) is 16.0 Å². The molecule has 0 spiro atoms. The van der Waals surface area contributed by atoms with Crippen LogP contribution in [0.25, 0.3) is 17.7 Å². The van der Waals surface area contributed by atoms with Crippen molar-refractivity contribution >= 4 is 17.7 Å². The van der Waals surface area contributed by atoms with Gasteiger partial charge in [-0.1, -0.05) is 67.3 Å². The number of hydrogen-bond donors (Lipinski definition) is 0. The smallest absolute Gasteiger partial charge is 0.0181 e. The van der Waals surface area contributed by atoms with Crippen molar-refractivity contribution in [3.63, 3.8) is 0 Å². The molecule has 0 aliphatic carbocycles. The Labute approximate surface area is 102 Å². The molecule has 0 aliphatic heterocycles. The summed E-state index contributed by atoms with van der Waals surface area (Å²) in [6.07, 6.45) is 4.24. The molecule has 0 amide bonds. The third-order valence-electron chi connectivity index (χ3n) is 2.78. The second kappa shape index (κ2) is 5.31. The van der Waals surface area contributed by atoms with Crippen LogP contribution in [-0.4, -0.2) is 0 Å². The Bertz CT molecular complexity index is 619. The zero-order valence-corrected chi connectivity index (χ0v) is 10.1. The average molecular weight is 220 g/mol. The lowest BCUT2D eigenvalue weighted by molar-refractivity contribution is 1.51. The van der Waals surface area contributed by atoms with Crippen molar-refractivity contribution in [2.24, 2.45) is 0 Å². The summed E-state index contributed by atoms with van der Waals surface area (Å²) in [5.41, 5.74) is 2.21. The van der Waals surface area contributed by atoms with Crippen LogP contribution < -0.4 is 10.4 Å². The van der Waals surface area contributed by atoms with Crippen LogP contribution in [0.1, 0.15) is 12.5 Å². The second-order valence-electron chi connectivity index (χ2n) is 3.95. The van der Waals surface area contributed by atoms with Crippen LogP contribution in [-0.2, 0) is 0 Å². The predicted octanol–water partition coefficient (Wildman–Crippen LogP) is 2.98. The fourth-order valence-electron chi connectivity index (χ4n) is 1.83. The minimum atomic E-state index is 1.04. The van der Waals surface area contributed by atoms with E-state index in [-0.39, 0.29) is 0 Å². The molecule has 0 saturated carbocycles. The zero-order valence-electron chi connectivity index (χ0n) is 10.1. The Balaban J connectivity index is 2.48. The number of hydrogen-bond acceptors (Lipinski definition) is 0. The van der Waals surface area contributed by atoms with Gasteiger partial charge in [-0.25, -0.2) is 0 Å².